The van der Waals surface area contributed by atoms with E-state index < -0.39 is 0 Å². The Labute approximate surface area is 138 Å². The molecule has 1 heterocycles. The van der Waals surface area contributed by atoms with Crippen molar-refractivity contribution in [3.63, 3.8) is 0 Å². The molecule has 0 aliphatic carbocycles. The first-order valence-electron chi connectivity index (χ1n) is 7.42. The number of hydrogen-bond donors (Lipinski definition) is 1. The Morgan fingerprint density at radius 2 is 1.86 bits per heavy atom. The van der Waals surface area contributed by atoms with Crippen molar-refractivity contribution in [2.75, 3.05) is 37.6 Å². The maximum atomic E-state index is 6.27. The van der Waals surface area contributed by atoms with Gasteiger partial charge in [0.2, 0.25) is 0 Å². The van der Waals surface area contributed by atoms with Crippen LogP contribution in [0, 0.1) is 5.41 Å². The second kappa shape index (κ2) is 6.95. The van der Waals surface area contributed by atoms with Crippen molar-refractivity contribution in [1.29, 1.82) is 0 Å². The minimum absolute atomic E-state index is 0.0603. The second-order valence-electron chi connectivity index (χ2n) is 6.28. The number of hydrogen-bond acceptors (Lipinski definition) is 3. The summed E-state index contributed by atoms with van der Waals surface area (Å²) in [6, 6.07) is 8.06. The minimum Gasteiger partial charge on any atom is -0.393 e. The largest absolute Gasteiger partial charge is 0.393 e. The highest BCUT2D eigenvalue weighted by Gasteiger charge is 2.24. The lowest BCUT2D eigenvalue weighted by Crippen LogP contribution is -2.47. The molecular weight excluding hydrogens is 302 g/mol. The Bertz CT molecular complexity index is 496. The predicted octanol–water partition coefficient (Wildman–Crippen LogP) is 3.16. The molecule has 5 heteroatoms. The Balaban J connectivity index is 1.84. The lowest BCUT2D eigenvalue weighted by molar-refractivity contribution is 0.233. The van der Waals surface area contributed by atoms with Crippen LogP contribution in [0.2, 0.25) is 5.02 Å². The van der Waals surface area contributed by atoms with Gasteiger partial charge in [-0.1, -0.05) is 49.8 Å². The maximum absolute atomic E-state index is 6.27. The van der Waals surface area contributed by atoms with Crippen molar-refractivity contribution in [2.45, 2.75) is 20.3 Å². The van der Waals surface area contributed by atoms with E-state index in [0.29, 0.717) is 4.99 Å². The Morgan fingerprint density at radius 3 is 2.43 bits per heavy atom. The first-order valence-corrected chi connectivity index (χ1v) is 8.20. The smallest absolute Gasteiger partial charge is 0.0784 e. The molecule has 0 atom stereocenters. The van der Waals surface area contributed by atoms with E-state index in [0.717, 1.165) is 49.9 Å². The highest BCUT2D eigenvalue weighted by atomic mass is 35.5. The summed E-state index contributed by atoms with van der Waals surface area (Å²) in [5.41, 5.74) is 6.87. The first kappa shape index (κ1) is 16.5. The summed E-state index contributed by atoms with van der Waals surface area (Å²) in [6.07, 6.45) is 1.01. The quantitative estimate of drug-likeness (QED) is 0.843. The van der Waals surface area contributed by atoms with Crippen molar-refractivity contribution >= 4 is 34.5 Å². The number of thiocarbonyl (C=S) groups is 1. The van der Waals surface area contributed by atoms with Crippen LogP contribution in [0.3, 0.4) is 0 Å². The van der Waals surface area contributed by atoms with E-state index in [4.69, 9.17) is 29.6 Å². The van der Waals surface area contributed by atoms with Crippen LogP contribution >= 0.6 is 23.8 Å². The van der Waals surface area contributed by atoms with Crippen LogP contribution in [0.4, 0.5) is 5.69 Å². The maximum Gasteiger partial charge on any atom is 0.0784 e. The highest BCUT2D eigenvalue weighted by molar-refractivity contribution is 7.80. The van der Waals surface area contributed by atoms with Gasteiger partial charge < -0.3 is 10.6 Å². The molecule has 0 bridgehead atoms. The van der Waals surface area contributed by atoms with Crippen LogP contribution in [0.15, 0.2) is 24.3 Å². The van der Waals surface area contributed by atoms with Gasteiger partial charge in [-0.3, -0.25) is 4.90 Å². The molecule has 21 heavy (non-hydrogen) atoms. The van der Waals surface area contributed by atoms with E-state index in [1.54, 1.807) is 0 Å². The fourth-order valence-electron chi connectivity index (χ4n) is 2.48. The van der Waals surface area contributed by atoms with E-state index in [9.17, 15) is 0 Å². The molecule has 0 saturated carbocycles. The molecule has 0 unspecified atom stereocenters. The number of piperazine rings is 1. The van der Waals surface area contributed by atoms with E-state index in [1.807, 2.05) is 18.2 Å². The van der Waals surface area contributed by atoms with E-state index in [2.05, 4.69) is 29.7 Å². The summed E-state index contributed by atoms with van der Waals surface area (Å²) in [4.78, 5) is 5.45. The Kier molecular flexibility index (Phi) is 5.47. The fraction of sp³-hybridized carbons (Fsp3) is 0.562. The number of rotatable bonds is 5. The molecule has 116 valence electrons. The van der Waals surface area contributed by atoms with Crippen LogP contribution in [0.1, 0.15) is 20.3 Å². The summed E-state index contributed by atoms with van der Waals surface area (Å²) in [7, 11) is 0. The summed E-state index contributed by atoms with van der Waals surface area (Å²) in [6.45, 7) is 9.41. The zero-order chi connectivity index (χ0) is 15.5. The number of nitrogens with two attached hydrogens (primary N) is 1. The zero-order valence-corrected chi connectivity index (χ0v) is 14.4. The van der Waals surface area contributed by atoms with Gasteiger partial charge in [-0.2, -0.15) is 0 Å². The molecule has 2 rings (SSSR count). The summed E-state index contributed by atoms with van der Waals surface area (Å²) in [5.74, 6) is 0. The molecular formula is C16H24ClN3S. The molecule has 0 radical (unpaired) electrons. The fourth-order valence-corrected chi connectivity index (χ4v) is 2.84. The topological polar surface area (TPSA) is 32.5 Å². The Morgan fingerprint density at radius 1 is 1.24 bits per heavy atom. The molecule has 1 aliphatic heterocycles. The summed E-state index contributed by atoms with van der Waals surface area (Å²) in [5, 5.41) is 0.834. The molecule has 0 amide bonds. The average Bonchev–Trinajstić information content (AvgIpc) is 2.46. The van der Waals surface area contributed by atoms with Crippen LogP contribution in [0.5, 0.6) is 0 Å². The lowest BCUT2D eigenvalue weighted by atomic mass is 9.89. The number of benzene rings is 1. The Hall–Kier alpha value is -0.840. The van der Waals surface area contributed by atoms with Gasteiger partial charge in [0.15, 0.2) is 0 Å². The van der Waals surface area contributed by atoms with Gasteiger partial charge in [0, 0.05) is 31.6 Å². The van der Waals surface area contributed by atoms with Crippen LogP contribution in [-0.2, 0) is 0 Å². The standard InChI is InChI=1S/C16H24ClN3S/c1-16(2,15(18)21)7-8-19-9-11-20(12-10-19)14-6-4-3-5-13(14)17/h3-6H,7-12H2,1-2H3,(H2,18,21). The molecule has 1 saturated heterocycles. The molecule has 0 aromatic heterocycles. The molecule has 1 fully saturated rings. The van der Waals surface area contributed by atoms with E-state index in [-0.39, 0.29) is 5.41 Å². The van der Waals surface area contributed by atoms with Gasteiger partial charge in [0.05, 0.1) is 15.7 Å². The first-order chi connectivity index (χ1) is 9.90. The predicted molar refractivity (Wildman–Crippen MR) is 95.3 cm³/mol. The van der Waals surface area contributed by atoms with Crippen molar-refractivity contribution in [1.82, 2.24) is 4.90 Å². The second-order valence-corrected chi connectivity index (χ2v) is 7.13. The van der Waals surface area contributed by atoms with Gasteiger partial charge in [-0.25, -0.2) is 0 Å². The van der Waals surface area contributed by atoms with E-state index in [1.165, 1.54) is 0 Å². The molecule has 1 aromatic carbocycles. The number of halogens is 1. The summed E-state index contributed by atoms with van der Waals surface area (Å²) >= 11 is 11.4. The normalized spacial score (nSPS) is 17.0. The van der Waals surface area contributed by atoms with Gasteiger partial charge in [0.1, 0.15) is 0 Å². The molecule has 0 spiro atoms. The van der Waals surface area contributed by atoms with Gasteiger partial charge in [-0.05, 0) is 25.1 Å². The lowest BCUT2D eigenvalue weighted by Gasteiger charge is -2.37. The zero-order valence-electron chi connectivity index (χ0n) is 12.8. The SMILES string of the molecule is CC(C)(CCN1CCN(c2ccccc2Cl)CC1)C(N)=S. The van der Waals surface area contributed by atoms with Crippen LogP contribution < -0.4 is 10.6 Å². The third-order valence-electron chi connectivity index (χ3n) is 4.29. The number of para-hydroxylation sites is 1. The minimum atomic E-state index is -0.0603. The monoisotopic (exact) mass is 325 g/mol. The highest BCUT2D eigenvalue weighted by Crippen LogP contribution is 2.26. The third-order valence-corrected chi connectivity index (χ3v) is 5.16. The van der Waals surface area contributed by atoms with Gasteiger partial charge in [-0.15, -0.1) is 0 Å². The molecule has 2 N–H and O–H groups in total. The average molecular weight is 326 g/mol. The molecule has 1 aromatic rings. The van der Waals surface area contributed by atoms with Gasteiger partial charge >= 0.3 is 0 Å². The molecule has 1 aliphatic rings. The van der Waals surface area contributed by atoms with Crippen molar-refractivity contribution in [3.8, 4) is 0 Å². The molecule has 3 nitrogen and oxygen atoms in total. The van der Waals surface area contributed by atoms with Crippen LogP contribution in [0.25, 0.3) is 0 Å². The van der Waals surface area contributed by atoms with E-state index >= 15 is 0 Å². The third kappa shape index (κ3) is 4.31. The van der Waals surface area contributed by atoms with Crippen molar-refractivity contribution < 1.29 is 0 Å². The van der Waals surface area contributed by atoms with Crippen LogP contribution in [-0.4, -0.2) is 42.6 Å². The van der Waals surface area contributed by atoms with Gasteiger partial charge in [0.25, 0.3) is 0 Å². The van der Waals surface area contributed by atoms with Crippen molar-refractivity contribution in [2.24, 2.45) is 11.1 Å². The number of nitrogens with zero attached hydrogens (tertiary/aromatic N) is 2. The van der Waals surface area contributed by atoms with Crippen molar-refractivity contribution in [3.05, 3.63) is 29.3 Å². The number of anilines is 1. The summed E-state index contributed by atoms with van der Waals surface area (Å²) < 4.78 is 0.